The number of hydrogen-bond donors (Lipinski definition) is 0. The van der Waals surface area contributed by atoms with Gasteiger partial charge in [0.2, 0.25) is 0 Å². The van der Waals surface area contributed by atoms with Crippen LogP contribution in [0.2, 0.25) is 0 Å². The molecule has 0 fully saturated rings. The van der Waals surface area contributed by atoms with Crippen LogP contribution in [0.4, 0.5) is 0 Å². The minimum atomic E-state index is 0.904. The molecule has 0 bridgehead atoms. The molecule has 0 saturated heterocycles. The van der Waals surface area contributed by atoms with Gasteiger partial charge in [-0.2, -0.15) is 4.90 Å². The second-order valence-corrected chi connectivity index (χ2v) is 3.26. The van der Waals surface area contributed by atoms with Gasteiger partial charge in [-0.15, -0.1) is 0 Å². The molecule has 1 aromatic rings. The highest BCUT2D eigenvalue weighted by molar-refractivity contribution is 5.15. The average Bonchev–Trinajstić information content (AvgIpc) is 2.20. The van der Waals surface area contributed by atoms with Crippen molar-refractivity contribution in [2.24, 2.45) is 0 Å². The SMILES string of the molecule is C=CC[N+](CC=C)Cc1ccccc1. The fraction of sp³-hybridized carbons (Fsp3) is 0.231. The van der Waals surface area contributed by atoms with E-state index in [1.807, 2.05) is 18.2 Å². The van der Waals surface area contributed by atoms with Gasteiger partial charge in [0.25, 0.3) is 0 Å². The van der Waals surface area contributed by atoms with Gasteiger partial charge in [0, 0.05) is 5.56 Å². The molecule has 1 aromatic carbocycles. The molecule has 0 aliphatic rings. The molecule has 0 amide bonds. The predicted molar refractivity (Wildman–Crippen MR) is 62.4 cm³/mol. The summed E-state index contributed by atoms with van der Waals surface area (Å²) in [6.07, 6.45) is 3.85. The summed E-state index contributed by atoms with van der Waals surface area (Å²) in [5.74, 6) is 0. The van der Waals surface area contributed by atoms with Crippen molar-refractivity contribution < 1.29 is 0 Å². The van der Waals surface area contributed by atoms with Gasteiger partial charge in [-0.05, 0) is 12.2 Å². The van der Waals surface area contributed by atoms with Crippen LogP contribution in [0.1, 0.15) is 5.56 Å². The molecule has 0 atom stereocenters. The van der Waals surface area contributed by atoms with Crippen LogP contribution < -0.4 is 4.90 Å². The monoisotopic (exact) mass is 187 g/mol. The molecule has 0 N–H and O–H groups in total. The number of hydrogen-bond acceptors (Lipinski definition) is 1. The highest BCUT2D eigenvalue weighted by Crippen LogP contribution is 2.01. The minimum absolute atomic E-state index is 0.904. The zero-order valence-electron chi connectivity index (χ0n) is 8.52. The lowest BCUT2D eigenvalue weighted by molar-refractivity contribution is 0.478. The van der Waals surface area contributed by atoms with E-state index in [4.69, 9.17) is 0 Å². The first kappa shape index (κ1) is 10.7. The third-order valence-electron chi connectivity index (χ3n) is 2.02. The lowest BCUT2D eigenvalue weighted by Crippen LogP contribution is -2.29. The molecule has 73 valence electrons. The van der Waals surface area contributed by atoms with Crippen LogP contribution in [0.15, 0.2) is 55.6 Å². The highest BCUT2D eigenvalue weighted by Gasteiger charge is 2.10. The van der Waals surface area contributed by atoms with Crippen LogP contribution in [0.25, 0.3) is 0 Å². The lowest BCUT2D eigenvalue weighted by atomic mass is 10.2. The van der Waals surface area contributed by atoms with E-state index in [1.54, 1.807) is 0 Å². The topological polar surface area (TPSA) is 5.90 Å². The average molecular weight is 187 g/mol. The smallest absolute Gasteiger partial charge is 0.148 e. The van der Waals surface area contributed by atoms with Crippen molar-refractivity contribution in [3.8, 4) is 0 Å². The molecule has 0 aliphatic heterocycles. The number of rotatable bonds is 6. The minimum Gasteiger partial charge on any atom is -0.158 e. The number of nitrogens with zero attached hydrogens (tertiary/aromatic N) is 1. The molecule has 1 radical (unpaired) electrons. The Balaban J connectivity index is 2.54. The van der Waals surface area contributed by atoms with Crippen molar-refractivity contribution in [1.29, 1.82) is 0 Å². The van der Waals surface area contributed by atoms with Gasteiger partial charge in [-0.3, -0.25) is 0 Å². The Labute approximate surface area is 86.4 Å². The zero-order valence-corrected chi connectivity index (χ0v) is 8.52. The molecule has 0 heterocycles. The van der Waals surface area contributed by atoms with Gasteiger partial charge in [-0.25, -0.2) is 0 Å². The zero-order chi connectivity index (χ0) is 10.2. The van der Waals surface area contributed by atoms with Gasteiger partial charge < -0.3 is 0 Å². The van der Waals surface area contributed by atoms with Crippen molar-refractivity contribution in [2.75, 3.05) is 13.1 Å². The Kier molecular flexibility index (Phi) is 4.73. The maximum Gasteiger partial charge on any atom is 0.148 e. The van der Waals surface area contributed by atoms with E-state index in [9.17, 15) is 0 Å². The molecular weight excluding hydrogens is 170 g/mol. The van der Waals surface area contributed by atoms with E-state index >= 15 is 0 Å². The molecule has 0 unspecified atom stereocenters. The molecule has 1 heteroatoms. The molecule has 1 rings (SSSR count). The first-order chi connectivity index (χ1) is 6.86. The third kappa shape index (κ3) is 3.58. The summed E-state index contributed by atoms with van der Waals surface area (Å²) in [5, 5.41) is 0. The van der Waals surface area contributed by atoms with Crippen molar-refractivity contribution in [3.63, 3.8) is 0 Å². The number of benzene rings is 1. The summed E-state index contributed by atoms with van der Waals surface area (Å²) in [6, 6.07) is 10.4. The molecule has 1 nitrogen and oxygen atoms in total. The molecular formula is C13H17N+. The summed E-state index contributed by atoms with van der Waals surface area (Å²) in [4.78, 5) is 2.29. The fourth-order valence-electron chi connectivity index (χ4n) is 1.41. The van der Waals surface area contributed by atoms with Crippen LogP contribution in [-0.2, 0) is 6.54 Å². The van der Waals surface area contributed by atoms with Crippen LogP contribution >= 0.6 is 0 Å². The van der Waals surface area contributed by atoms with Crippen LogP contribution in [-0.4, -0.2) is 13.1 Å². The van der Waals surface area contributed by atoms with Gasteiger partial charge in [0.05, 0.1) is 0 Å². The maximum atomic E-state index is 3.75. The Hall–Kier alpha value is -1.34. The van der Waals surface area contributed by atoms with Gasteiger partial charge >= 0.3 is 0 Å². The summed E-state index contributed by atoms with van der Waals surface area (Å²) >= 11 is 0. The van der Waals surface area contributed by atoms with Crippen molar-refractivity contribution >= 4 is 0 Å². The van der Waals surface area contributed by atoms with Crippen molar-refractivity contribution in [1.82, 2.24) is 4.90 Å². The van der Waals surface area contributed by atoms with E-state index in [-0.39, 0.29) is 0 Å². The van der Waals surface area contributed by atoms with Gasteiger partial charge in [0.15, 0.2) is 0 Å². The van der Waals surface area contributed by atoms with Gasteiger partial charge in [0.1, 0.15) is 19.6 Å². The van der Waals surface area contributed by atoms with Crippen LogP contribution in [0.5, 0.6) is 0 Å². The predicted octanol–water partition coefficient (Wildman–Crippen LogP) is 2.70. The quantitative estimate of drug-likeness (QED) is 0.477. The Morgan fingerprint density at radius 3 is 2.07 bits per heavy atom. The van der Waals surface area contributed by atoms with Gasteiger partial charge in [-0.1, -0.05) is 43.5 Å². The maximum absolute atomic E-state index is 3.75. The summed E-state index contributed by atoms with van der Waals surface area (Å²) < 4.78 is 0. The van der Waals surface area contributed by atoms with E-state index in [0.29, 0.717) is 0 Å². The Bertz CT molecular complexity index is 267. The van der Waals surface area contributed by atoms with E-state index in [2.05, 4.69) is 42.3 Å². The first-order valence-electron chi connectivity index (χ1n) is 4.85. The fourth-order valence-corrected chi connectivity index (χ4v) is 1.41. The van der Waals surface area contributed by atoms with Crippen LogP contribution in [0, 0.1) is 0 Å². The first-order valence-corrected chi connectivity index (χ1v) is 4.85. The molecule has 0 aliphatic carbocycles. The molecule has 14 heavy (non-hydrogen) atoms. The highest BCUT2D eigenvalue weighted by atomic mass is 15.1. The van der Waals surface area contributed by atoms with E-state index in [0.717, 1.165) is 19.6 Å². The summed E-state index contributed by atoms with van der Waals surface area (Å²) in [7, 11) is 0. The van der Waals surface area contributed by atoms with E-state index in [1.165, 1.54) is 5.56 Å². The molecule has 0 saturated carbocycles. The standard InChI is InChI=1S/C13H17N/c1-3-10-14(11-4-2)12-13-8-6-5-7-9-13/h3-9H,1-2,10-12H2/q+1. The lowest BCUT2D eigenvalue weighted by Gasteiger charge is -2.08. The normalized spacial score (nSPS) is 10.1. The second-order valence-electron chi connectivity index (χ2n) is 3.26. The Morgan fingerprint density at radius 1 is 1.00 bits per heavy atom. The third-order valence-corrected chi connectivity index (χ3v) is 2.02. The second kappa shape index (κ2) is 6.17. The largest absolute Gasteiger partial charge is 0.158 e. The van der Waals surface area contributed by atoms with Crippen molar-refractivity contribution in [2.45, 2.75) is 6.54 Å². The Morgan fingerprint density at radius 2 is 1.57 bits per heavy atom. The van der Waals surface area contributed by atoms with E-state index < -0.39 is 0 Å². The van der Waals surface area contributed by atoms with Crippen LogP contribution in [0.3, 0.4) is 0 Å². The molecule has 0 spiro atoms. The summed E-state index contributed by atoms with van der Waals surface area (Å²) in [5.41, 5.74) is 1.33. The summed E-state index contributed by atoms with van der Waals surface area (Å²) in [6.45, 7) is 10.3. The van der Waals surface area contributed by atoms with Crippen molar-refractivity contribution in [3.05, 3.63) is 61.2 Å². The molecule has 0 aromatic heterocycles.